The quantitative estimate of drug-likeness (QED) is 0.622. The Morgan fingerprint density at radius 1 is 0.778 bits per heavy atom. The van der Waals surface area contributed by atoms with E-state index in [0.29, 0.717) is 11.3 Å². The zero-order chi connectivity index (χ0) is 19.1. The molecular weight excluding hydrogens is 336 g/mol. The Morgan fingerprint density at radius 2 is 1.30 bits per heavy atom. The van der Waals surface area contributed by atoms with Crippen LogP contribution >= 0.6 is 0 Å². The van der Waals surface area contributed by atoms with Gasteiger partial charge in [-0.05, 0) is 30.2 Å². The van der Waals surface area contributed by atoms with Gasteiger partial charge in [0, 0.05) is 5.56 Å². The molecule has 136 valence electrons. The lowest BCUT2D eigenvalue weighted by Crippen LogP contribution is -2.32. The number of rotatable bonds is 7. The highest BCUT2D eigenvalue weighted by atomic mass is 16.2. The highest BCUT2D eigenvalue weighted by Gasteiger charge is 2.15. The Labute approximate surface area is 159 Å². The number of carbonyl (C=O) groups excluding carboxylic acids is 2. The molecule has 0 aliphatic carbocycles. The monoisotopic (exact) mass is 358 g/mol. The van der Waals surface area contributed by atoms with E-state index in [1.807, 2.05) is 60.7 Å². The molecule has 4 nitrogen and oxygen atoms in total. The zero-order valence-electron chi connectivity index (χ0n) is 15.2. The number of para-hydroxylation sites is 1. The standard InChI is InChI=1S/C23H22N2O2/c1-17(26)20-14-8-9-15-21(20)25-22(27)16-24-23(18-10-4-2-5-11-18)19-12-6-3-7-13-19/h2-15,23-24H,16H2,1H3,(H,25,27). The molecule has 0 aromatic heterocycles. The molecule has 0 unspecified atom stereocenters. The smallest absolute Gasteiger partial charge is 0.238 e. The number of hydrogen-bond acceptors (Lipinski definition) is 3. The van der Waals surface area contributed by atoms with E-state index in [4.69, 9.17) is 0 Å². The molecule has 0 saturated heterocycles. The Bertz CT molecular complexity index is 868. The first-order chi connectivity index (χ1) is 13.1. The summed E-state index contributed by atoms with van der Waals surface area (Å²) in [7, 11) is 0. The summed E-state index contributed by atoms with van der Waals surface area (Å²) in [5.74, 6) is -0.272. The van der Waals surface area contributed by atoms with Crippen molar-refractivity contribution >= 4 is 17.4 Å². The molecule has 0 fully saturated rings. The lowest BCUT2D eigenvalue weighted by atomic mass is 9.99. The molecule has 0 spiro atoms. The van der Waals surface area contributed by atoms with Crippen molar-refractivity contribution in [3.63, 3.8) is 0 Å². The summed E-state index contributed by atoms with van der Waals surface area (Å²) in [6.07, 6.45) is 0. The van der Waals surface area contributed by atoms with Crippen LogP contribution < -0.4 is 10.6 Å². The Kier molecular flexibility index (Phi) is 6.13. The van der Waals surface area contributed by atoms with Crippen molar-refractivity contribution in [2.45, 2.75) is 13.0 Å². The fourth-order valence-corrected chi connectivity index (χ4v) is 3.01. The molecule has 3 rings (SSSR count). The molecule has 0 atom stereocenters. The molecule has 3 aromatic rings. The minimum atomic E-state index is -0.194. The molecule has 0 heterocycles. The van der Waals surface area contributed by atoms with Crippen molar-refractivity contribution in [3.8, 4) is 0 Å². The predicted octanol–water partition coefficient (Wildman–Crippen LogP) is 4.21. The van der Waals surface area contributed by atoms with Gasteiger partial charge in [0.2, 0.25) is 5.91 Å². The second kappa shape index (κ2) is 8.92. The van der Waals surface area contributed by atoms with Gasteiger partial charge in [0.1, 0.15) is 0 Å². The minimum absolute atomic E-state index is 0.0784. The summed E-state index contributed by atoms with van der Waals surface area (Å²) < 4.78 is 0. The van der Waals surface area contributed by atoms with E-state index in [0.717, 1.165) is 11.1 Å². The van der Waals surface area contributed by atoms with Crippen molar-refractivity contribution in [1.82, 2.24) is 5.32 Å². The van der Waals surface area contributed by atoms with Crippen molar-refractivity contribution < 1.29 is 9.59 Å². The van der Waals surface area contributed by atoms with Crippen LogP contribution in [0.25, 0.3) is 0 Å². The van der Waals surface area contributed by atoms with E-state index in [1.54, 1.807) is 24.3 Å². The third-order valence-electron chi connectivity index (χ3n) is 4.31. The maximum Gasteiger partial charge on any atom is 0.238 e. The highest BCUT2D eigenvalue weighted by Crippen LogP contribution is 2.21. The fourth-order valence-electron chi connectivity index (χ4n) is 3.01. The fraction of sp³-hybridized carbons (Fsp3) is 0.130. The van der Waals surface area contributed by atoms with E-state index in [9.17, 15) is 9.59 Å². The number of amides is 1. The van der Waals surface area contributed by atoms with Crippen molar-refractivity contribution in [2.75, 3.05) is 11.9 Å². The third kappa shape index (κ3) is 4.90. The van der Waals surface area contributed by atoms with Gasteiger partial charge in [0.05, 0.1) is 18.3 Å². The van der Waals surface area contributed by atoms with E-state index >= 15 is 0 Å². The van der Waals surface area contributed by atoms with Crippen molar-refractivity contribution in [3.05, 3.63) is 102 Å². The molecule has 1 amide bonds. The number of ketones is 1. The van der Waals surface area contributed by atoms with Gasteiger partial charge in [0.25, 0.3) is 0 Å². The summed E-state index contributed by atoms with van der Waals surface area (Å²) >= 11 is 0. The summed E-state index contributed by atoms with van der Waals surface area (Å²) in [5.41, 5.74) is 3.21. The van der Waals surface area contributed by atoms with Gasteiger partial charge in [-0.1, -0.05) is 72.8 Å². The molecule has 4 heteroatoms. The van der Waals surface area contributed by atoms with Crippen LogP contribution in [0.2, 0.25) is 0 Å². The predicted molar refractivity (Wildman–Crippen MR) is 108 cm³/mol. The molecular formula is C23H22N2O2. The van der Waals surface area contributed by atoms with Gasteiger partial charge in [0.15, 0.2) is 5.78 Å². The van der Waals surface area contributed by atoms with Crippen LogP contribution in [0.15, 0.2) is 84.9 Å². The lowest BCUT2D eigenvalue weighted by molar-refractivity contribution is -0.115. The average molecular weight is 358 g/mol. The third-order valence-corrected chi connectivity index (χ3v) is 4.31. The van der Waals surface area contributed by atoms with Crippen LogP contribution in [0.4, 0.5) is 5.69 Å². The van der Waals surface area contributed by atoms with Crippen LogP contribution in [0, 0.1) is 0 Å². The second-order valence-electron chi connectivity index (χ2n) is 6.29. The van der Waals surface area contributed by atoms with E-state index in [2.05, 4.69) is 10.6 Å². The van der Waals surface area contributed by atoms with Crippen LogP contribution in [-0.4, -0.2) is 18.2 Å². The summed E-state index contributed by atoms with van der Waals surface area (Å²) in [6, 6.07) is 26.9. The average Bonchev–Trinajstić information content (AvgIpc) is 2.70. The largest absolute Gasteiger partial charge is 0.324 e. The molecule has 0 bridgehead atoms. The van der Waals surface area contributed by atoms with Gasteiger partial charge in [-0.2, -0.15) is 0 Å². The maximum absolute atomic E-state index is 12.5. The van der Waals surface area contributed by atoms with Gasteiger partial charge in [-0.3, -0.25) is 14.9 Å². The second-order valence-corrected chi connectivity index (χ2v) is 6.29. The summed E-state index contributed by atoms with van der Waals surface area (Å²) in [5, 5.41) is 6.15. The van der Waals surface area contributed by atoms with Gasteiger partial charge in [-0.25, -0.2) is 0 Å². The maximum atomic E-state index is 12.5. The van der Waals surface area contributed by atoms with Gasteiger partial charge >= 0.3 is 0 Å². The number of carbonyl (C=O) groups is 2. The van der Waals surface area contributed by atoms with Crippen molar-refractivity contribution in [2.24, 2.45) is 0 Å². The Hall–Kier alpha value is -3.24. The molecule has 3 aromatic carbocycles. The van der Waals surface area contributed by atoms with Crippen molar-refractivity contribution in [1.29, 1.82) is 0 Å². The molecule has 0 aliphatic rings. The molecule has 0 saturated carbocycles. The Morgan fingerprint density at radius 3 is 1.85 bits per heavy atom. The number of nitrogens with one attached hydrogen (secondary N) is 2. The first kappa shape index (κ1) is 18.5. The highest BCUT2D eigenvalue weighted by molar-refractivity contribution is 6.04. The van der Waals surface area contributed by atoms with Crippen LogP contribution in [0.3, 0.4) is 0 Å². The topological polar surface area (TPSA) is 58.2 Å². The number of Topliss-reactive ketones (excluding diaryl/α,β-unsaturated/α-hetero) is 1. The normalized spacial score (nSPS) is 10.6. The van der Waals surface area contributed by atoms with Crippen LogP contribution in [0.5, 0.6) is 0 Å². The first-order valence-electron chi connectivity index (χ1n) is 8.88. The number of benzene rings is 3. The van der Waals surface area contributed by atoms with Crippen LogP contribution in [-0.2, 0) is 4.79 Å². The molecule has 0 aliphatic heterocycles. The number of anilines is 1. The van der Waals surface area contributed by atoms with Gasteiger partial charge < -0.3 is 5.32 Å². The van der Waals surface area contributed by atoms with Crippen LogP contribution in [0.1, 0.15) is 34.5 Å². The Balaban J connectivity index is 1.73. The minimum Gasteiger partial charge on any atom is -0.324 e. The molecule has 27 heavy (non-hydrogen) atoms. The van der Waals surface area contributed by atoms with E-state index < -0.39 is 0 Å². The summed E-state index contributed by atoms with van der Waals surface area (Å²) in [4.78, 5) is 24.2. The first-order valence-corrected chi connectivity index (χ1v) is 8.88. The zero-order valence-corrected chi connectivity index (χ0v) is 15.2. The molecule has 2 N–H and O–H groups in total. The molecule has 0 radical (unpaired) electrons. The number of hydrogen-bond donors (Lipinski definition) is 2. The lowest BCUT2D eigenvalue weighted by Gasteiger charge is -2.20. The van der Waals surface area contributed by atoms with E-state index in [1.165, 1.54) is 6.92 Å². The van der Waals surface area contributed by atoms with Gasteiger partial charge in [-0.15, -0.1) is 0 Å². The SMILES string of the molecule is CC(=O)c1ccccc1NC(=O)CNC(c1ccccc1)c1ccccc1. The summed E-state index contributed by atoms with van der Waals surface area (Å²) in [6.45, 7) is 1.62. The van der Waals surface area contributed by atoms with E-state index in [-0.39, 0.29) is 24.3 Å².